The van der Waals surface area contributed by atoms with Gasteiger partial charge in [-0.3, -0.25) is 4.68 Å². The SMILES string of the molecule is CCc1cc(CNCCCC2CCCC2)n(C)n1. The summed E-state index contributed by atoms with van der Waals surface area (Å²) >= 11 is 0. The summed E-state index contributed by atoms with van der Waals surface area (Å²) in [5.74, 6) is 1.02. The Morgan fingerprint density at radius 1 is 1.39 bits per heavy atom. The van der Waals surface area contributed by atoms with E-state index in [0.29, 0.717) is 0 Å². The minimum Gasteiger partial charge on any atom is -0.311 e. The van der Waals surface area contributed by atoms with Gasteiger partial charge in [0.15, 0.2) is 0 Å². The van der Waals surface area contributed by atoms with E-state index in [1.54, 1.807) is 0 Å². The molecule has 0 atom stereocenters. The number of hydrogen-bond acceptors (Lipinski definition) is 2. The molecule has 0 saturated heterocycles. The van der Waals surface area contributed by atoms with Gasteiger partial charge >= 0.3 is 0 Å². The molecule has 1 heterocycles. The van der Waals surface area contributed by atoms with Gasteiger partial charge in [0.1, 0.15) is 0 Å². The van der Waals surface area contributed by atoms with E-state index in [2.05, 4.69) is 23.4 Å². The third-order valence-corrected chi connectivity index (χ3v) is 4.14. The van der Waals surface area contributed by atoms with Crippen molar-refractivity contribution in [3.63, 3.8) is 0 Å². The molecule has 3 nitrogen and oxygen atoms in total. The highest BCUT2D eigenvalue weighted by Gasteiger charge is 2.13. The summed E-state index contributed by atoms with van der Waals surface area (Å²) < 4.78 is 2.00. The smallest absolute Gasteiger partial charge is 0.0625 e. The lowest BCUT2D eigenvalue weighted by molar-refractivity contribution is 0.468. The lowest BCUT2D eigenvalue weighted by Crippen LogP contribution is -2.17. The van der Waals surface area contributed by atoms with Gasteiger partial charge in [-0.15, -0.1) is 0 Å². The van der Waals surface area contributed by atoms with Crippen LogP contribution in [0, 0.1) is 5.92 Å². The van der Waals surface area contributed by atoms with E-state index in [9.17, 15) is 0 Å². The number of nitrogens with zero attached hydrogens (tertiary/aromatic N) is 2. The molecule has 102 valence electrons. The summed E-state index contributed by atoms with van der Waals surface area (Å²) in [6, 6.07) is 2.21. The number of aromatic nitrogens is 2. The molecule has 0 spiro atoms. The van der Waals surface area contributed by atoms with Gasteiger partial charge in [0.25, 0.3) is 0 Å². The first-order chi connectivity index (χ1) is 8.79. The Balaban J connectivity index is 1.60. The van der Waals surface area contributed by atoms with Crippen LogP contribution in [-0.2, 0) is 20.0 Å². The third-order valence-electron chi connectivity index (χ3n) is 4.14. The van der Waals surface area contributed by atoms with Crippen molar-refractivity contribution < 1.29 is 0 Å². The van der Waals surface area contributed by atoms with E-state index < -0.39 is 0 Å². The van der Waals surface area contributed by atoms with E-state index in [0.717, 1.165) is 25.4 Å². The molecule has 0 radical (unpaired) electrons. The van der Waals surface area contributed by atoms with Crippen LogP contribution in [0.15, 0.2) is 6.07 Å². The fraction of sp³-hybridized carbons (Fsp3) is 0.800. The van der Waals surface area contributed by atoms with E-state index in [1.807, 2.05) is 11.7 Å². The fourth-order valence-electron chi connectivity index (χ4n) is 2.94. The van der Waals surface area contributed by atoms with Crippen LogP contribution in [-0.4, -0.2) is 16.3 Å². The number of nitrogens with one attached hydrogen (secondary N) is 1. The maximum absolute atomic E-state index is 4.47. The van der Waals surface area contributed by atoms with Gasteiger partial charge in [-0.25, -0.2) is 0 Å². The van der Waals surface area contributed by atoms with Gasteiger partial charge in [0.2, 0.25) is 0 Å². The molecule has 0 aromatic carbocycles. The molecule has 0 aliphatic heterocycles. The molecular formula is C15H27N3. The highest BCUT2D eigenvalue weighted by Crippen LogP contribution is 2.28. The molecule has 2 rings (SSSR count). The average Bonchev–Trinajstić information content (AvgIpc) is 2.99. The summed E-state index contributed by atoms with van der Waals surface area (Å²) in [4.78, 5) is 0. The Kier molecular flexibility index (Phi) is 5.24. The molecule has 0 bridgehead atoms. The van der Waals surface area contributed by atoms with Crippen molar-refractivity contribution in [2.24, 2.45) is 13.0 Å². The molecule has 1 aliphatic carbocycles. The zero-order valence-electron chi connectivity index (χ0n) is 11.9. The Morgan fingerprint density at radius 3 is 2.83 bits per heavy atom. The van der Waals surface area contributed by atoms with Crippen molar-refractivity contribution >= 4 is 0 Å². The van der Waals surface area contributed by atoms with Crippen LogP contribution in [0.25, 0.3) is 0 Å². The molecular weight excluding hydrogens is 222 g/mol. The van der Waals surface area contributed by atoms with Gasteiger partial charge in [0.05, 0.1) is 11.4 Å². The highest BCUT2D eigenvalue weighted by atomic mass is 15.3. The fourth-order valence-corrected chi connectivity index (χ4v) is 2.94. The van der Waals surface area contributed by atoms with Crippen molar-refractivity contribution in [2.75, 3.05) is 6.54 Å². The van der Waals surface area contributed by atoms with E-state index in [1.165, 1.54) is 49.9 Å². The van der Waals surface area contributed by atoms with Gasteiger partial charge in [0, 0.05) is 13.6 Å². The summed E-state index contributed by atoms with van der Waals surface area (Å²) in [6.07, 6.45) is 9.64. The molecule has 18 heavy (non-hydrogen) atoms. The summed E-state index contributed by atoms with van der Waals surface area (Å²) in [6.45, 7) is 4.25. The van der Waals surface area contributed by atoms with Crippen LogP contribution in [0.5, 0.6) is 0 Å². The molecule has 0 unspecified atom stereocenters. The molecule has 1 aromatic rings. The predicted molar refractivity (Wildman–Crippen MR) is 75.5 cm³/mol. The van der Waals surface area contributed by atoms with Crippen molar-refractivity contribution in [1.29, 1.82) is 0 Å². The molecule has 1 aromatic heterocycles. The van der Waals surface area contributed by atoms with Gasteiger partial charge in [-0.2, -0.15) is 5.10 Å². The highest BCUT2D eigenvalue weighted by molar-refractivity contribution is 5.09. The van der Waals surface area contributed by atoms with Crippen LogP contribution >= 0.6 is 0 Å². The second-order valence-corrected chi connectivity index (χ2v) is 5.57. The summed E-state index contributed by atoms with van der Waals surface area (Å²) in [5.41, 5.74) is 2.49. The van der Waals surface area contributed by atoms with Crippen LogP contribution < -0.4 is 5.32 Å². The lowest BCUT2D eigenvalue weighted by atomic mass is 10.0. The first-order valence-electron chi connectivity index (χ1n) is 7.52. The lowest BCUT2D eigenvalue weighted by Gasteiger charge is -2.09. The first-order valence-corrected chi connectivity index (χ1v) is 7.52. The normalized spacial score (nSPS) is 16.6. The Bertz CT molecular complexity index is 351. The van der Waals surface area contributed by atoms with Crippen LogP contribution in [0.4, 0.5) is 0 Å². The van der Waals surface area contributed by atoms with E-state index >= 15 is 0 Å². The van der Waals surface area contributed by atoms with Crippen molar-refractivity contribution in [3.05, 3.63) is 17.5 Å². The Morgan fingerprint density at radius 2 is 2.17 bits per heavy atom. The quantitative estimate of drug-likeness (QED) is 0.753. The minimum atomic E-state index is 0.953. The number of aryl methyl sites for hydroxylation is 2. The topological polar surface area (TPSA) is 29.9 Å². The maximum Gasteiger partial charge on any atom is 0.0625 e. The first kappa shape index (κ1) is 13.6. The molecule has 1 saturated carbocycles. The van der Waals surface area contributed by atoms with Crippen molar-refractivity contribution in [2.45, 2.75) is 58.4 Å². The van der Waals surface area contributed by atoms with Gasteiger partial charge in [-0.1, -0.05) is 32.6 Å². The zero-order chi connectivity index (χ0) is 12.8. The van der Waals surface area contributed by atoms with E-state index in [-0.39, 0.29) is 0 Å². The average molecular weight is 249 g/mol. The minimum absolute atomic E-state index is 0.953. The van der Waals surface area contributed by atoms with Gasteiger partial charge < -0.3 is 5.32 Å². The Hall–Kier alpha value is -0.830. The monoisotopic (exact) mass is 249 g/mol. The maximum atomic E-state index is 4.47. The molecule has 1 N–H and O–H groups in total. The molecule has 1 aliphatic rings. The molecule has 3 heteroatoms. The molecule has 0 amide bonds. The second kappa shape index (κ2) is 6.93. The number of rotatable bonds is 7. The van der Waals surface area contributed by atoms with Crippen LogP contribution in [0.3, 0.4) is 0 Å². The standard InChI is InChI=1S/C15H27N3/c1-3-14-11-15(18(2)17-14)12-16-10-6-9-13-7-4-5-8-13/h11,13,16H,3-10,12H2,1-2H3. The number of hydrogen-bond donors (Lipinski definition) is 1. The second-order valence-electron chi connectivity index (χ2n) is 5.57. The van der Waals surface area contributed by atoms with Crippen LogP contribution in [0.2, 0.25) is 0 Å². The summed E-state index contributed by atoms with van der Waals surface area (Å²) in [5, 5.41) is 8.01. The largest absolute Gasteiger partial charge is 0.311 e. The van der Waals surface area contributed by atoms with Gasteiger partial charge in [-0.05, 0) is 37.8 Å². The predicted octanol–water partition coefficient (Wildman–Crippen LogP) is 3.04. The third kappa shape index (κ3) is 3.84. The zero-order valence-corrected chi connectivity index (χ0v) is 11.9. The Labute approximate surface area is 111 Å². The van der Waals surface area contributed by atoms with E-state index in [4.69, 9.17) is 0 Å². The summed E-state index contributed by atoms with van der Waals surface area (Å²) in [7, 11) is 2.04. The van der Waals surface area contributed by atoms with Crippen molar-refractivity contribution in [1.82, 2.24) is 15.1 Å². The van der Waals surface area contributed by atoms with Crippen LogP contribution in [0.1, 0.15) is 56.8 Å². The van der Waals surface area contributed by atoms with Crippen molar-refractivity contribution in [3.8, 4) is 0 Å². The molecule has 1 fully saturated rings.